The Kier molecular flexibility index (Phi) is 10.6. The Hall–Kier alpha value is -3.02. The molecular weight excluding hydrogens is 404 g/mol. The Bertz CT molecular complexity index is 822. The van der Waals surface area contributed by atoms with Gasteiger partial charge in [-0.15, -0.1) is 0 Å². The van der Waals surface area contributed by atoms with Gasteiger partial charge in [-0.1, -0.05) is 25.7 Å². The fraction of sp³-hybridized carbons (Fsp3) is 0.462. The Morgan fingerprint density at radius 2 is 1.03 bits per heavy atom. The molecule has 0 heterocycles. The number of ether oxygens (including phenoxy) is 2. The first-order valence-electron chi connectivity index (χ1n) is 11.3. The average molecular weight is 441 g/mol. The Balaban J connectivity index is 1.53. The minimum absolute atomic E-state index is 0.0452. The molecule has 0 aromatic heterocycles. The van der Waals surface area contributed by atoms with Crippen molar-refractivity contribution < 1.29 is 19.1 Å². The van der Waals surface area contributed by atoms with Gasteiger partial charge in [0.05, 0.1) is 14.2 Å². The summed E-state index contributed by atoms with van der Waals surface area (Å²) in [6.07, 6.45) is 6.99. The highest BCUT2D eigenvalue weighted by atomic mass is 16.5. The minimum atomic E-state index is 0.0452. The number of carbonyl (C=O) groups is 2. The standard InChI is InChI=1S/C26H36N2O4/c1-19-17-21(31-3)13-15-23(19)27-25(29)11-9-7-5-6-8-10-12-26(30)28-24-16-14-22(32-4)18-20(24)2/h13-18H,5-12H2,1-4H3,(H,27,29)(H,28,30). The van der Waals surface area contributed by atoms with Crippen LogP contribution in [0.3, 0.4) is 0 Å². The molecule has 6 nitrogen and oxygen atoms in total. The summed E-state index contributed by atoms with van der Waals surface area (Å²) < 4.78 is 10.4. The second-order valence-electron chi connectivity index (χ2n) is 8.08. The quantitative estimate of drug-likeness (QED) is 0.374. The molecule has 2 rings (SSSR count). The maximum absolute atomic E-state index is 12.1. The zero-order valence-electron chi connectivity index (χ0n) is 19.8. The lowest BCUT2D eigenvalue weighted by Crippen LogP contribution is -2.12. The molecule has 0 saturated heterocycles. The van der Waals surface area contributed by atoms with Gasteiger partial charge in [0, 0.05) is 24.2 Å². The topological polar surface area (TPSA) is 76.7 Å². The number of amides is 2. The number of carbonyl (C=O) groups excluding carboxylic acids is 2. The summed E-state index contributed by atoms with van der Waals surface area (Å²) in [5.41, 5.74) is 3.64. The van der Waals surface area contributed by atoms with E-state index >= 15 is 0 Å². The molecular formula is C26H36N2O4. The first-order chi connectivity index (χ1) is 15.4. The number of unbranched alkanes of at least 4 members (excludes halogenated alkanes) is 5. The summed E-state index contributed by atoms with van der Waals surface area (Å²) in [5.74, 6) is 1.66. The van der Waals surface area contributed by atoms with Crippen molar-refractivity contribution in [3.8, 4) is 11.5 Å². The van der Waals surface area contributed by atoms with E-state index in [9.17, 15) is 9.59 Å². The van der Waals surface area contributed by atoms with Crippen LogP contribution < -0.4 is 20.1 Å². The predicted octanol–water partition coefficient (Wildman–Crippen LogP) is 6.02. The number of benzene rings is 2. The van der Waals surface area contributed by atoms with Crippen molar-refractivity contribution in [3.05, 3.63) is 47.5 Å². The van der Waals surface area contributed by atoms with Crippen molar-refractivity contribution in [1.29, 1.82) is 0 Å². The normalized spacial score (nSPS) is 10.5. The first-order valence-corrected chi connectivity index (χ1v) is 11.3. The van der Waals surface area contributed by atoms with Crippen LogP contribution in [0.25, 0.3) is 0 Å². The van der Waals surface area contributed by atoms with Gasteiger partial charge in [-0.2, -0.15) is 0 Å². The van der Waals surface area contributed by atoms with Gasteiger partial charge in [-0.25, -0.2) is 0 Å². The zero-order valence-corrected chi connectivity index (χ0v) is 19.8. The first kappa shape index (κ1) is 25.2. The number of anilines is 2. The molecule has 2 aromatic rings. The van der Waals surface area contributed by atoms with Crippen molar-refractivity contribution in [3.63, 3.8) is 0 Å². The molecule has 0 bridgehead atoms. The van der Waals surface area contributed by atoms with Crippen LogP contribution in [-0.2, 0) is 9.59 Å². The van der Waals surface area contributed by atoms with E-state index in [1.54, 1.807) is 14.2 Å². The highest BCUT2D eigenvalue weighted by Gasteiger charge is 2.07. The number of aryl methyl sites for hydroxylation is 2. The molecule has 0 fully saturated rings. The molecule has 0 aliphatic carbocycles. The van der Waals surface area contributed by atoms with Gasteiger partial charge in [0.2, 0.25) is 11.8 Å². The monoisotopic (exact) mass is 440 g/mol. The van der Waals surface area contributed by atoms with Crippen LogP contribution in [0.5, 0.6) is 11.5 Å². The van der Waals surface area contributed by atoms with Crippen molar-refractivity contribution >= 4 is 23.2 Å². The van der Waals surface area contributed by atoms with Crippen molar-refractivity contribution in [2.24, 2.45) is 0 Å². The number of hydrogen-bond acceptors (Lipinski definition) is 4. The molecule has 2 N–H and O–H groups in total. The van der Waals surface area contributed by atoms with E-state index in [2.05, 4.69) is 10.6 Å². The van der Waals surface area contributed by atoms with E-state index in [4.69, 9.17) is 9.47 Å². The summed E-state index contributed by atoms with van der Waals surface area (Å²) in [6, 6.07) is 11.3. The van der Waals surface area contributed by atoms with Gasteiger partial charge in [-0.05, 0) is 74.2 Å². The maximum atomic E-state index is 12.1. The fourth-order valence-electron chi connectivity index (χ4n) is 3.51. The Morgan fingerprint density at radius 1 is 0.656 bits per heavy atom. The second-order valence-corrected chi connectivity index (χ2v) is 8.08. The molecule has 32 heavy (non-hydrogen) atoms. The minimum Gasteiger partial charge on any atom is -0.497 e. The maximum Gasteiger partial charge on any atom is 0.224 e. The largest absolute Gasteiger partial charge is 0.497 e. The van der Waals surface area contributed by atoms with Gasteiger partial charge in [0.25, 0.3) is 0 Å². The lowest BCUT2D eigenvalue weighted by molar-refractivity contribution is -0.117. The van der Waals surface area contributed by atoms with Crippen molar-refractivity contribution in [1.82, 2.24) is 0 Å². The van der Waals surface area contributed by atoms with E-state index in [0.717, 1.165) is 72.5 Å². The van der Waals surface area contributed by atoms with Crippen molar-refractivity contribution in [2.45, 2.75) is 65.2 Å². The molecule has 2 amide bonds. The van der Waals surface area contributed by atoms with Crippen LogP contribution in [0.15, 0.2) is 36.4 Å². The van der Waals surface area contributed by atoms with Gasteiger partial charge < -0.3 is 20.1 Å². The predicted molar refractivity (Wildman–Crippen MR) is 130 cm³/mol. The third kappa shape index (κ3) is 8.61. The van der Waals surface area contributed by atoms with Crippen LogP contribution in [0.1, 0.15) is 62.5 Å². The number of rotatable bonds is 13. The summed E-state index contributed by atoms with van der Waals surface area (Å²) in [6.45, 7) is 3.91. The van der Waals surface area contributed by atoms with Crippen LogP contribution in [0, 0.1) is 13.8 Å². The van der Waals surface area contributed by atoms with E-state index in [1.165, 1.54) is 0 Å². The molecule has 0 spiro atoms. The molecule has 2 aromatic carbocycles. The van der Waals surface area contributed by atoms with Crippen LogP contribution in [-0.4, -0.2) is 26.0 Å². The molecule has 0 unspecified atom stereocenters. The molecule has 174 valence electrons. The number of hydrogen-bond donors (Lipinski definition) is 2. The highest BCUT2D eigenvalue weighted by Crippen LogP contribution is 2.22. The van der Waals surface area contributed by atoms with Crippen molar-refractivity contribution in [2.75, 3.05) is 24.9 Å². The SMILES string of the molecule is COc1ccc(NC(=O)CCCCCCCCC(=O)Nc2ccc(OC)cc2C)c(C)c1. The molecule has 0 radical (unpaired) electrons. The smallest absolute Gasteiger partial charge is 0.224 e. The van der Waals surface area contributed by atoms with E-state index in [-0.39, 0.29) is 11.8 Å². The van der Waals surface area contributed by atoms with Gasteiger partial charge >= 0.3 is 0 Å². The third-order valence-electron chi connectivity index (χ3n) is 5.47. The molecule has 0 atom stereocenters. The molecule has 6 heteroatoms. The van der Waals surface area contributed by atoms with E-state index in [0.29, 0.717) is 12.8 Å². The summed E-state index contributed by atoms with van der Waals surface area (Å²) in [7, 11) is 3.26. The lowest BCUT2D eigenvalue weighted by Gasteiger charge is -2.10. The van der Waals surface area contributed by atoms with Crippen LogP contribution in [0.4, 0.5) is 11.4 Å². The van der Waals surface area contributed by atoms with E-state index < -0.39 is 0 Å². The average Bonchev–Trinajstić information content (AvgIpc) is 2.78. The fourth-order valence-corrected chi connectivity index (χ4v) is 3.51. The highest BCUT2D eigenvalue weighted by molar-refractivity contribution is 5.92. The van der Waals surface area contributed by atoms with Gasteiger partial charge in [0.1, 0.15) is 11.5 Å². The summed E-state index contributed by atoms with van der Waals surface area (Å²) >= 11 is 0. The van der Waals surface area contributed by atoms with Crippen LogP contribution in [0.2, 0.25) is 0 Å². The lowest BCUT2D eigenvalue weighted by atomic mass is 10.1. The summed E-state index contributed by atoms with van der Waals surface area (Å²) in [4.78, 5) is 24.3. The Labute approximate surface area is 191 Å². The van der Waals surface area contributed by atoms with Gasteiger partial charge in [0.15, 0.2) is 0 Å². The molecule has 0 aliphatic heterocycles. The Morgan fingerprint density at radius 3 is 1.38 bits per heavy atom. The molecule has 0 saturated carbocycles. The second kappa shape index (κ2) is 13.4. The molecule has 0 aliphatic rings. The number of nitrogens with one attached hydrogen (secondary N) is 2. The zero-order chi connectivity index (χ0) is 23.3. The summed E-state index contributed by atoms with van der Waals surface area (Å²) in [5, 5.41) is 5.94. The van der Waals surface area contributed by atoms with Gasteiger partial charge in [-0.3, -0.25) is 9.59 Å². The van der Waals surface area contributed by atoms with E-state index in [1.807, 2.05) is 50.2 Å². The van der Waals surface area contributed by atoms with Crippen LogP contribution >= 0.6 is 0 Å². The third-order valence-corrected chi connectivity index (χ3v) is 5.47. The number of methoxy groups -OCH3 is 2.